The van der Waals surface area contributed by atoms with Gasteiger partial charge in [0.2, 0.25) is 5.91 Å². The standard InChI is InChI=1S/C11H23NO3/c1-5-6-15-8-10(14)12-7-9(13)11(2,3)4/h9,13H,5-8H2,1-4H3,(H,12,14). The van der Waals surface area contributed by atoms with Crippen LogP contribution in [-0.2, 0) is 9.53 Å². The van der Waals surface area contributed by atoms with Gasteiger partial charge >= 0.3 is 0 Å². The Balaban J connectivity index is 3.62. The highest BCUT2D eigenvalue weighted by Gasteiger charge is 2.22. The first kappa shape index (κ1) is 14.4. The largest absolute Gasteiger partial charge is 0.391 e. The third kappa shape index (κ3) is 7.33. The molecule has 1 unspecified atom stereocenters. The summed E-state index contributed by atoms with van der Waals surface area (Å²) in [6.07, 6.45) is 0.366. The van der Waals surface area contributed by atoms with Gasteiger partial charge in [0.1, 0.15) is 6.61 Å². The van der Waals surface area contributed by atoms with Crippen LogP contribution in [0.25, 0.3) is 0 Å². The fraction of sp³-hybridized carbons (Fsp3) is 0.909. The van der Waals surface area contributed by atoms with E-state index in [1.54, 1.807) is 0 Å². The van der Waals surface area contributed by atoms with Crippen molar-refractivity contribution in [2.45, 2.75) is 40.2 Å². The van der Waals surface area contributed by atoms with E-state index >= 15 is 0 Å². The van der Waals surface area contributed by atoms with E-state index in [1.165, 1.54) is 0 Å². The highest BCUT2D eigenvalue weighted by Crippen LogP contribution is 2.17. The molecule has 0 aromatic carbocycles. The lowest BCUT2D eigenvalue weighted by molar-refractivity contribution is -0.126. The molecule has 1 atom stereocenters. The molecule has 4 heteroatoms. The van der Waals surface area contributed by atoms with Crippen LogP contribution in [-0.4, -0.2) is 36.9 Å². The number of ether oxygens (including phenoxy) is 1. The number of aliphatic hydroxyl groups is 1. The van der Waals surface area contributed by atoms with E-state index in [9.17, 15) is 9.90 Å². The minimum atomic E-state index is -0.535. The molecule has 15 heavy (non-hydrogen) atoms. The zero-order chi connectivity index (χ0) is 11.9. The molecule has 0 aliphatic heterocycles. The van der Waals surface area contributed by atoms with Crippen molar-refractivity contribution >= 4 is 5.91 Å². The van der Waals surface area contributed by atoms with Crippen molar-refractivity contribution in [3.8, 4) is 0 Å². The normalized spacial score (nSPS) is 13.7. The summed E-state index contributed by atoms with van der Waals surface area (Å²) in [5.74, 6) is -0.174. The summed E-state index contributed by atoms with van der Waals surface area (Å²) in [7, 11) is 0. The van der Waals surface area contributed by atoms with E-state index in [-0.39, 0.29) is 24.5 Å². The van der Waals surface area contributed by atoms with Gasteiger partial charge in [0.25, 0.3) is 0 Å². The van der Waals surface area contributed by atoms with E-state index in [4.69, 9.17) is 4.74 Å². The number of hydrogen-bond acceptors (Lipinski definition) is 3. The lowest BCUT2D eigenvalue weighted by Crippen LogP contribution is -2.40. The molecule has 2 N–H and O–H groups in total. The van der Waals surface area contributed by atoms with Crippen molar-refractivity contribution in [2.24, 2.45) is 5.41 Å². The second-order valence-corrected chi connectivity index (χ2v) is 4.74. The average Bonchev–Trinajstić information content (AvgIpc) is 2.13. The number of aliphatic hydroxyl groups excluding tert-OH is 1. The molecule has 0 spiro atoms. The predicted molar refractivity (Wildman–Crippen MR) is 59.6 cm³/mol. The summed E-state index contributed by atoms with van der Waals surface area (Å²) in [4.78, 5) is 11.2. The van der Waals surface area contributed by atoms with E-state index in [2.05, 4.69) is 5.32 Å². The van der Waals surface area contributed by atoms with Crippen LogP contribution >= 0.6 is 0 Å². The van der Waals surface area contributed by atoms with Crippen LogP contribution in [0.2, 0.25) is 0 Å². The zero-order valence-electron chi connectivity index (χ0n) is 10.2. The zero-order valence-corrected chi connectivity index (χ0v) is 10.2. The van der Waals surface area contributed by atoms with Gasteiger partial charge in [0.15, 0.2) is 0 Å². The Morgan fingerprint density at radius 2 is 2.07 bits per heavy atom. The third-order valence-corrected chi connectivity index (χ3v) is 2.07. The highest BCUT2D eigenvalue weighted by atomic mass is 16.5. The molecule has 0 fully saturated rings. The van der Waals surface area contributed by atoms with Gasteiger partial charge in [-0.05, 0) is 11.8 Å². The lowest BCUT2D eigenvalue weighted by Gasteiger charge is -2.25. The van der Waals surface area contributed by atoms with E-state index in [1.807, 2.05) is 27.7 Å². The van der Waals surface area contributed by atoms with E-state index < -0.39 is 6.10 Å². The van der Waals surface area contributed by atoms with E-state index in [0.29, 0.717) is 6.61 Å². The Morgan fingerprint density at radius 3 is 2.53 bits per heavy atom. The summed E-state index contributed by atoms with van der Waals surface area (Å²) in [5.41, 5.74) is -0.211. The van der Waals surface area contributed by atoms with Crippen LogP contribution in [0.4, 0.5) is 0 Å². The molecular formula is C11H23NO3. The number of rotatable bonds is 6. The van der Waals surface area contributed by atoms with Crippen molar-refractivity contribution in [2.75, 3.05) is 19.8 Å². The smallest absolute Gasteiger partial charge is 0.246 e. The molecule has 0 aliphatic carbocycles. The number of carbonyl (C=O) groups is 1. The van der Waals surface area contributed by atoms with Crippen LogP contribution in [0, 0.1) is 5.41 Å². The Hall–Kier alpha value is -0.610. The first-order valence-electron chi connectivity index (χ1n) is 5.40. The third-order valence-electron chi connectivity index (χ3n) is 2.07. The SMILES string of the molecule is CCCOCC(=O)NCC(O)C(C)(C)C. The number of hydrogen-bond donors (Lipinski definition) is 2. The van der Waals surface area contributed by atoms with Gasteiger partial charge in [0.05, 0.1) is 6.10 Å². The van der Waals surface area contributed by atoms with Crippen molar-refractivity contribution in [1.29, 1.82) is 0 Å². The molecule has 0 aliphatic rings. The molecule has 0 saturated carbocycles. The molecule has 0 rings (SSSR count). The highest BCUT2D eigenvalue weighted by molar-refractivity contribution is 5.77. The van der Waals surface area contributed by atoms with Gasteiger partial charge in [-0.15, -0.1) is 0 Å². The number of nitrogens with one attached hydrogen (secondary N) is 1. The topological polar surface area (TPSA) is 58.6 Å². The van der Waals surface area contributed by atoms with Gasteiger partial charge in [-0.1, -0.05) is 27.7 Å². The minimum Gasteiger partial charge on any atom is -0.391 e. The number of carbonyl (C=O) groups excluding carboxylic acids is 1. The molecule has 0 saturated heterocycles. The molecule has 0 aromatic heterocycles. The second kappa shape index (κ2) is 6.80. The van der Waals surface area contributed by atoms with Crippen LogP contribution < -0.4 is 5.32 Å². The van der Waals surface area contributed by atoms with Crippen molar-refractivity contribution in [1.82, 2.24) is 5.32 Å². The second-order valence-electron chi connectivity index (χ2n) is 4.74. The van der Waals surface area contributed by atoms with Crippen LogP contribution in [0.3, 0.4) is 0 Å². The summed E-state index contributed by atoms with van der Waals surface area (Å²) in [6.45, 7) is 8.71. The maximum Gasteiger partial charge on any atom is 0.246 e. The maximum absolute atomic E-state index is 11.2. The van der Waals surface area contributed by atoms with Crippen LogP contribution in [0.5, 0.6) is 0 Å². The van der Waals surface area contributed by atoms with Gasteiger partial charge in [-0.3, -0.25) is 4.79 Å². The fourth-order valence-electron chi connectivity index (χ4n) is 0.877. The predicted octanol–water partition coefficient (Wildman–Crippen LogP) is 0.936. The minimum absolute atomic E-state index is 0.0741. The maximum atomic E-state index is 11.2. The molecule has 90 valence electrons. The first-order valence-corrected chi connectivity index (χ1v) is 5.40. The molecule has 0 bridgehead atoms. The Morgan fingerprint density at radius 1 is 1.47 bits per heavy atom. The molecule has 1 amide bonds. The van der Waals surface area contributed by atoms with Crippen molar-refractivity contribution < 1.29 is 14.6 Å². The van der Waals surface area contributed by atoms with Gasteiger partial charge in [-0.2, -0.15) is 0 Å². The first-order chi connectivity index (χ1) is 6.88. The molecule has 0 aromatic rings. The Labute approximate surface area is 92.0 Å². The molecule has 0 radical (unpaired) electrons. The lowest BCUT2D eigenvalue weighted by atomic mass is 9.89. The monoisotopic (exact) mass is 217 g/mol. The summed E-state index contributed by atoms with van der Waals surface area (Å²) in [5, 5.41) is 12.3. The Bertz CT molecular complexity index is 187. The molecular weight excluding hydrogens is 194 g/mol. The van der Waals surface area contributed by atoms with Crippen molar-refractivity contribution in [3.05, 3.63) is 0 Å². The van der Waals surface area contributed by atoms with Gasteiger partial charge < -0.3 is 15.2 Å². The molecule has 0 heterocycles. The molecule has 4 nitrogen and oxygen atoms in total. The van der Waals surface area contributed by atoms with Crippen LogP contribution in [0.1, 0.15) is 34.1 Å². The van der Waals surface area contributed by atoms with E-state index in [0.717, 1.165) is 6.42 Å². The summed E-state index contributed by atoms with van der Waals surface area (Å²) < 4.78 is 5.07. The quantitative estimate of drug-likeness (QED) is 0.651. The van der Waals surface area contributed by atoms with Crippen LogP contribution in [0.15, 0.2) is 0 Å². The average molecular weight is 217 g/mol. The van der Waals surface area contributed by atoms with Gasteiger partial charge in [0, 0.05) is 13.2 Å². The summed E-state index contributed by atoms with van der Waals surface area (Å²) >= 11 is 0. The number of amides is 1. The van der Waals surface area contributed by atoms with Gasteiger partial charge in [-0.25, -0.2) is 0 Å². The summed E-state index contributed by atoms with van der Waals surface area (Å²) in [6, 6.07) is 0. The fourth-order valence-corrected chi connectivity index (χ4v) is 0.877. The van der Waals surface area contributed by atoms with Crippen molar-refractivity contribution in [3.63, 3.8) is 0 Å². The Kier molecular flexibility index (Phi) is 6.52.